The molecule has 0 radical (unpaired) electrons. The molecule has 0 bridgehead atoms. The topological polar surface area (TPSA) is 61.4 Å². The fraction of sp³-hybridized carbons (Fsp3) is 0.579. The quantitative estimate of drug-likeness (QED) is 0.880. The van der Waals surface area contributed by atoms with Crippen LogP contribution >= 0.6 is 0 Å². The maximum atomic E-state index is 14.4. The lowest BCUT2D eigenvalue weighted by atomic mass is 9.94. The third kappa shape index (κ3) is 3.48. The van der Waals surface area contributed by atoms with Gasteiger partial charge in [-0.2, -0.15) is 0 Å². The Morgan fingerprint density at radius 2 is 1.96 bits per heavy atom. The third-order valence-corrected chi connectivity index (χ3v) is 5.55. The molecule has 5 nitrogen and oxygen atoms in total. The minimum Gasteiger partial charge on any atom is -0.369 e. The first-order valence-electron chi connectivity index (χ1n) is 9.26. The van der Waals surface area contributed by atoms with Gasteiger partial charge in [-0.25, -0.2) is 4.39 Å². The Morgan fingerprint density at radius 1 is 1.20 bits per heavy atom. The third-order valence-electron chi connectivity index (χ3n) is 5.55. The van der Waals surface area contributed by atoms with Crippen molar-refractivity contribution in [3.63, 3.8) is 0 Å². The van der Waals surface area contributed by atoms with Crippen LogP contribution in [-0.2, 0) is 4.79 Å². The van der Waals surface area contributed by atoms with Gasteiger partial charge in [0.2, 0.25) is 5.91 Å². The first kappa shape index (κ1) is 16.4. The van der Waals surface area contributed by atoms with E-state index >= 15 is 0 Å². The summed E-state index contributed by atoms with van der Waals surface area (Å²) in [5, 5.41) is 6.02. The normalized spacial score (nSPS) is 26.4. The second kappa shape index (κ2) is 6.65. The van der Waals surface area contributed by atoms with Gasteiger partial charge in [-0.1, -0.05) is 0 Å². The number of rotatable bonds is 4. The molecule has 1 aliphatic carbocycles. The van der Waals surface area contributed by atoms with Crippen LogP contribution in [0.2, 0.25) is 0 Å². The molecule has 6 heteroatoms. The second-order valence-corrected chi connectivity index (χ2v) is 7.41. The van der Waals surface area contributed by atoms with E-state index < -0.39 is 0 Å². The Kier molecular flexibility index (Phi) is 4.36. The monoisotopic (exact) mass is 345 g/mol. The van der Waals surface area contributed by atoms with Crippen molar-refractivity contribution in [2.75, 3.05) is 18.0 Å². The molecular formula is C19H24FN3O2. The number of nitrogens with one attached hydrogen (secondary N) is 2. The summed E-state index contributed by atoms with van der Waals surface area (Å²) in [7, 11) is 0. The molecule has 134 valence electrons. The average molecular weight is 345 g/mol. The predicted molar refractivity (Wildman–Crippen MR) is 93.0 cm³/mol. The number of hydrogen-bond acceptors (Lipinski definition) is 3. The molecule has 2 N–H and O–H groups in total. The summed E-state index contributed by atoms with van der Waals surface area (Å²) in [4.78, 5) is 26.2. The highest BCUT2D eigenvalue weighted by atomic mass is 19.1. The van der Waals surface area contributed by atoms with Crippen LogP contribution in [0.25, 0.3) is 0 Å². The number of anilines is 1. The fourth-order valence-electron chi connectivity index (χ4n) is 4.00. The van der Waals surface area contributed by atoms with E-state index in [-0.39, 0.29) is 29.7 Å². The summed E-state index contributed by atoms with van der Waals surface area (Å²) < 4.78 is 14.4. The lowest BCUT2D eigenvalue weighted by Crippen LogP contribution is -2.56. The number of benzene rings is 1. The average Bonchev–Trinajstić information content (AvgIpc) is 3.31. The van der Waals surface area contributed by atoms with Gasteiger partial charge < -0.3 is 15.5 Å². The van der Waals surface area contributed by atoms with E-state index in [1.807, 2.05) is 4.90 Å². The highest BCUT2D eigenvalue weighted by Crippen LogP contribution is 2.36. The van der Waals surface area contributed by atoms with Gasteiger partial charge in [-0.3, -0.25) is 9.59 Å². The molecule has 1 aromatic carbocycles. The summed E-state index contributed by atoms with van der Waals surface area (Å²) >= 11 is 0. The van der Waals surface area contributed by atoms with Gasteiger partial charge in [0, 0.05) is 25.1 Å². The minimum atomic E-state index is -0.342. The molecule has 4 rings (SSSR count). The van der Waals surface area contributed by atoms with Crippen LogP contribution in [0, 0.1) is 11.7 Å². The molecule has 2 heterocycles. The van der Waals surface area contributed by atoms with Gasteiger partial charge in [0.05, 0.1) is 17.8 Å². The molecule has 2 amide bonds. The van der Waals surface area contributed by atoms with Crippen molar-refractivity contribution < 1.29 is 14.0 Å². The lowest BCUT2D eigenvalue weighted by molar-refractivity contribution is -0.124. The van der Waals surface area contributed by atoms with Crippen molar-refractivity contribution in [3.05, 3.63) is 29.6 Å². The molecule has 0 unspecified atom stereocenters. The predicted octanol–water partition coefficient (Wildman–Crippen LogP) is 2.21. The summed E-state index contributed by atoms with van der Waals surface area (Å²) in [5.74, 6) is -0.0869. The van der Waals surface area contributed by atoms with Gasteiger partial charge in [0.25, 0.3) is 5.91 Å². The first-order valence-corrected chi connectivity index (χ1v) is 9.26. The molecular weight excluding hydrogens is 321 g/mol. The number of carbonyl (C=O) groups is 2. The second-order valence-electron chi connectivity index (χ2n) is 7.41. The number of nitrogens with zero attached hydrogens (tertiary/aromatic N) is 1. The zero-order valence-corrected chi connectivity index (χ0v) is 14.3. The summed E-state index contributed by atoms with van der Waals surface area (Å²) in [5.41, 5.74) is 0.918. The molecule has 2 atom stereocenters. The molecule has 1 saturated carbocycles. The summed E-state index contributed by atoms with van der Waals surface area (Å²) in [6, 6.07) is 4.67. The van der Waals surface area contributed by atoms with E-state index in [1.54, 1.807) is 12.1 Å². The summed E-state index contributed by atoms with van der Waals surface area (Å²) in [6.45, 7) is 1.74. The van der Waals surface area contributed by atoms with E-state index in [0.29, 0.717) is 30.0 Å². The van der Waals surface area contributed by atoms with Gasteiger partial charge >= 0.3 is 0 Å². The standard InChI is InChI=1S/C19H24FN3O2/c20-14-11-13(5-7-16(14)23-9-1-2-10-23)19(25)21-15-6-8-17(24)22-18(15)12-3-4-12/h5,7,11-12,15,18H,1-4,6,8-10H2,(H,21,25)(H,22,24)/t15-,18+/m1/s1. The van der Waals surface area contributed by atoms with Gasteiger partial charge in [0.15, 0.2) is 0 Å². The Bertz CT molecular complexity index is 683. The SMILES string of the molecule is O=C1CC[C@@H](NC(=O)c2ccc(N3CCCC3)c(F)c2)[C@H](C2CC2)N1. The largest absolute Gasteiger partial charge is 0.369 e. The maximum Gasteiger partial charge on any atom is 0.251 e. The van der Waals surface area contributed by atoms with Gasteiger partial charge in [-0.05, 0) is 56.2 Å². The number of halogens is 1. The Hall–Kier alpha value is -2.11. The highest BCUT2D eigenvalue weighted by Gasteiger charge is 2.40. The lowest BCUT2D eigenvalue weighted by Gasteiger charge is -2.33. The van der Waals surface area contributed by atoms with Gasteiger partial charge in [-0.15, -0.1) is 0 Å². The number of hydrogen-bond donors (Lipinski definition) is 2. The zero-order chi connectivity index (χ0) is 17.4. The van der Waals surface area contributed by atoms with Crippen LogP contribution in [-0.4, -0.2) is 37.0 Å². The summed E-state index contributed by atoms with van der Waals surface area (Å²) in [6.07, 6.45) is 5.42. The molecule has 2 aliphatic heterocycles. The zero-order valence-electron chi connectivity index (χ0n) is 14.3. The van der Waals surface area contributed by atoms with E-state index in [1.165, 1.54) is 6.07 Å². The number of carbonyl (C=O) groups excluding carboxylic acids is 2. The van der Waals surface area contributed by atoms with Crippen LogP contribution in [0.1, 0.15) is 48.9 Å². The highest BCUT2D eigenvalue weighted by molar-refractivity contribution is 5.95. The maximum absolute atomic E-state index is 14.4. The van der Waals surface area contributed by atoms with Crippen molar-refractivity contribution >= 4 is 17.5 Å². The molecule has 3 aliphatic rings. The van der Waals surface area contributed by atoms with E-state index in [2.05, 4.69) is 10.6 Å². The van der Waals surface area contributed by atoms with Crippen LogP contribution in [0.4, 0.5) is 10.1 Å². The van der Waals surface area contributed by atoms with Crippen molar-refractivity contribution in [1.82, 2.24) is 10.6 Å². The molecule has 1 aromatic rings. The van der Waals surface area contributed by atoms with Crippen LogP contribution in [0.15, 0.2) is 18.2 Å². The first-order chi connectivity index (χ1) is 12.1. The van der Waals surface area contributed by atoms with Crippen molar-refractivity contribution in [3.8, 4) is 0 Å². The van der Waals surface area contributed by atoms with Crippen molar-refractivity contribution in [2.24, 2.45) is 5.92 Å². The van der Waals surface area contributed by atoms with Crippen molar-refractivity contribution in [1.29, 1.82) is 0 Å². The molecule has 25 heavy (non-hydrogen) atoms. The van der Waals surface area contributed by atoms with Crippen LogP contribution in [0.5, 0.6) is 0 Å². The fourth-order valence-corrected chi connectivity index (χ4v) is 4.00. The molecule has 0 spiro atoms. The molecule has 3 fully saturated rings. The van der Waals surface area contributed by atoms with Gasteiger partial charge in [0.1, 0.15) is 5.82 Å². The number of piperidine rings is 1. The van der Waals surface area contributed by atoms with Crippen LogP contribution < -0.4 is 15.5 Å². The Labute approximate surface area is 147 Å². The van der Waals surface area contributed by atoms with E-state index in [9.17, 15) is 14.0 Å². The van der Waals surface area contributed by atoms with E-state index in [0.717, 1.165) is 38.8 Å². The Balaban J connectivity index is 1.45. The molecule has 0 aromatic heterocycles. The molecule has 2 saturated heterocycles. The number of amides is 2. The van der Waals surface area contributed by atoms with Crippen molar-refractivity contribution in [2.45, 2.75) is 50.6 Å². The smallest absolute Gasteiger partial charge is 0.251 e. The Morgan fingerprint density at radius 3 is 2.64 bits per heavy atom. The van der Waals surface area contributed by atoms with Crippen LogP contribution in [0.3, 0.4) is 0 Å². The van der Waals surface area contributed by atoms with E-state index in [4.69, 9.17) is 0 Å². The minimum absolute atomic E-state index is 0.0129.